The van der Waals surface area contributed by atoms with E-state index in [9.17, 15) is 14.7 Å². The van der Waals surface area contributed by atoms with E-state index in [1.807, 2.05) is 30.3 Å². The number of nitrogens with zero attached hydrogens (tertiary/aromatic N) is 2. The van der Waals surface area contributed by atoms with Crippen molar-refractivity contribution in [3.63, 3.8) is 0 Å². The summed E-state index contributed by atoms with van der Waals surface area (Å²) in [5.41, 5.74) is 1.59. The SMILES string of the molecule is COc1cc(/C=C2/SC(=S)N(CC(=O)N(CCO)Cc3ccccc3)C2=O)cc(OC)c1OC. The van der Waals surface area contributed by atoms with Crippen molar-refractivity contribution in [2.75, 3.05) is 41.0 Å². The number of rotatable bonds is 10. The van der Waals surface area contributed by atoms with Gasteiger partial charge in [-0.1, -0.05) is 54.3 Å². The van der Waals surface area contributed by atoms with Gasteiger partial charge in [-0.2, -0.15) is 0 Å². The molecule has 2 amide bonds. The van der Waals surface area contributed by atoms with Gasteiger partial charge >= 0.3 is 0 Å². The lowest BCUT2D eigenvalue weighted by molar-refractivity contribution is -0.136. The summed E-state index contributed by atoms with van der Waals surface area (Å²) in [6, 6.07) is 12.9. The predicted octanol–water partition coefficient (Wildman–Crippen LogP) is 2.93. The highest BCUT2D eigenvalue weighted by Gasteiger charge is 2.34. The van der Waals surface area contributed by atoms with Crippen LogP contribution in [-0.4, -0.2) is 72.1 Å². The number of thioether (sulfide) groups is 1. The third kappa shape index (κ3) is 5.88. The Morgan fingerprint density at radius 1 is 1.12 bits per heavy atom. The first kappa shape index (κ1) is 25.5. The molecule has 1 aliphatic rings. The highest BCUT2D eigenvalue weighted by atomic mass is 32.2. The summed E-state index contributed by atoms with van der Waals surface area (Å²) in [5.74, 6) is 0.699. The zero-order valence-electron chi connectivity index (χ0n) is 19.1. The lowest BCUT2D eigenvalue weighted by Crippen LogP contribution is -2.42. The Hall–Kier alpha value is -3.08. The first-order chi connectivity index (χ1) is 16.4. The molecule has 0 aromatic heterocycles. The Bertz CT molecular complexity index is 1070. The fourth-order valence-electron chi connectivity index (χ4n) is 3.42. The molecular weight excluding hydrogens is 476 g/mol. The molecule has 0 bridgehead atoms. The summed E-state index contributed by atoms with van der Waals surface area (Å²) in [5, 5.41) is 9.41. The van der Waals surface area contributed by atoms with Crippen LogP contribution in [0.4, 0.5) is 0 Å². The van der Waals surface area contributed by atoms with Gasteiger partial charge < -0.3 is 24.2 Å². The fourth-order valence-corrected chi connectivity index (χ4v) is 4.68. The van der Waals surface area contributed by atoms with Crippen molar-refractivity contribution in [1.82, 2.24) is 9.80 Å². The maximum absolute atomic E-state index is 13.1. The maximum atomic E-state index is 13.1. The molecule has 1 heterocycles. The number of amides is 2. The van der Waals surface area contributed by atoms with Gasteiger partial charge in [0.1, 0.15) is 10.9 Å². The van der Waals surface area contributed by atoms with Crippen LogP contribution < -0.4 is 14.2 Å². The molecule has 180 valence electrons. The van der Waals surface area contributed by atoms with Gasteiger partial charge in [-0.25, -0.2) is 0 Å². The van der Waals surface area contributed by atoms with Crippen LogP contribution in [0.25, 0.3) is 6.08 Å². The molecule has 10 heteroatoms. The molecule has 0 unspecified atom stereocenters. The molecule has 2 aromatic carbocycles. The van der Waals surface area contributed by atoms with E-state index in [4.69, 9.17) is 26.4 Å². The maximum Gasteiger partial charge on any atom is 0.266 e. The van der Waals surface area contributed by atoms with Crippen molar-refractivity contribution >= 4 is 46.2 Å². The summed E-state index contributed by atoms with van der Waals surface area (Å²) in [7, 11) is 4.54. The van der Waals surface area contributed by atoms with E-state index in [1.165, 1.54) is 31.1 Å². The molecule has 0 saturated carbocycles. The first-order valence-electron chi connectivity index (χ1n) is 10.4. The molecule has 3 rings (SSSR count). The van der Waals surface area contributed by atoms with Crippen molar-refractivity contribution in [2.45, 2.75) is 6.54 Å². The fraction of sp³-hybridized carbons (Fsp3) is 0.292. The highest BCUT2D eigenvalue weighted by molar-refractivity contribution is 8.26. The van der Waals surface area contributed by atoms with Crippen molar-refractivity contribution in [2.24, 2.45) is 0 Å². The van der Waals surface area contributed by atoms with E-state index in [1.54, 1.807) is 18.2 Å². The minimum atomic E-state index is -0.360. The van der Waals surface area contributed by atoms with Crippen LogP contribution in [0.5, 0.6) is 17.2 Å². The van der Waals surface area contributed by atoms with E-state index < -0.39 is 0 Å². The van der Waals surface area contributed by atoms with Crippen molar-refractivity contribution in [3.8, 4) is 17.2 Å². The van der Waals surface area contributed by atoms with Gasteiger partial charge in [0.05, 0.1) is 32.8 Å². The standard InChI is InChI=1S/C24H26N2O6S2/c1-30-18-11-17(12-19(31-2)22(18)32-3)13-20-23(29)26(24(33)34-20)15-21(28)25(9-10-27)14-16-7-5-4-6-8-16/h4-8,11-13,27H,9-10,14-15H2,1-3H3/b20-13+. The molecule has 1 fully saturated rings. The van der Waals surface area contributed by atoms with Crippen LogP contribution >= 0.6 is 24.0 Å². The predicted molar refractivity (Wildman–Crippen MR) is 135 cm³/mol. The average Bonchev–Trinajstić information content (AvgIpc) is 3.10. The molecule has 1 N–H and O–H groups in total. The summed E-state index contributed by atoms with van der Waals surface area (Å²) < 4.78 is 16.4. The van der Waals surface area contributed by atoms with Gasteiger partial charge in [-0.3, -0.25) is 14.5 Å². The topological polar surface area (TPSA) is 88.5 Å². The lowest BCUT2D eigenvalue weighted by atomic mass is 10.1. The monoisotopic (exact) mass is 502 g/mol. The zero-order valence-corrected chi connectivity index (χ0v) is 20.8. The molecule has 0 radical (unpaired) electrons. The van der Waals surface area contributed by atoms with Crippen LogP contribution in [0.1, 0.15) is 11.1 Å². The second-order valence-electron chi connectivity index (χ2n) is 7.25. The Morgan fingerprint density at radius 2 is 1.76 bits per heavy atom. The Kier molecular flexibility index (Phi) is 8.91. The van der Waals surface area contributed by atoms with Gasteiger partial charge in [-0.15, -0.1) is 0 Å². The second kappa shape index (κ2) is 11.9. The summed E-state index contributed by atoms with van der Waals surface area (Å²) in [6.07, 6.45) is 1.67. The van der Waals surface area contributed by atoms with E-state index >= 15 is 0 Å². The normalized spacial score (nSPS) is 14.5. The molecule has 0 spiro atoms. The van der Waals surface area contributed by atoms with Crippen LogP contribution in [0.3, 0.4) is 0 Å². The Labute approximate surface area is 208 Å². The van der Waals surface area contributed by atoms with Crippen LogP contribution in [0.15, 0.2) is 47.4 Å². The zero-order chi connectivity index (χ0) is 24.7. The number of aliphatic hydroxyl groups is 1. The third-order valence-corrected chi connectivity index (χ3v) is 6.47. The third-order valence-electron chi connectivity index (χ3n) is 5.09. The number of hydrogen-bond donors (Lipinski definition) is 1. The minimum absolute atomic E-state index is 0.157. The average molecular weight is 503 g/mol. The van der Waals surface area contributed by atoms with Gasteiger partial charge in [0, 0.05) is 13.1 Å². The van der Waals surface area contributed by atoms with Gasteiger partial charge in [0.15, 0.2) is 11.5 Å². The number of aliphatic hydroxyl groups excluding tert-OH is 1. The smallest absolute Gasteiger partial charge is 0.266 e. The second-order valence-corrected chi connectivity index (χ2v) is 8.93. The van der Waals surface area contributed by atoms with Crippen LogP contribution in [-0.2, 0) is 16.1 Å². The summed E-state index contributed by atoms with van der Waals surface area (Å²) in [6.45, 7) is 0.0994. The van der Waals surface area contributed by atoms with Gasteiger partial charge in [0.25, 0.3) is 5.91 Å². The minimum Gasteiger partial charge on any atom is -0.493 e. The quantitative estimate of drug-likeness (QED) is 0.392. The number of benzene rings is 2. The number of ether oxygens (including phenoxy) is 3. The number of hydrogen-bond acceptors (Lipinski definition) is 8. The molecule has 1 saturated heterocycles. The molecule has 1 aliphatic heterocycles. The van der Waals surface area contributed by atoms with E-state index in [0.717, 1.165) is 17.3 Å². The molecule has 2 aromatic rings. The van der Waals surface area contributed by atoms with E-state index in [-0.39, 0.29) is 31.5 Å². The summed E-state index contributed by atoms with van der Waals surface area (Å²) in [4.78, 5) is 29.2. The number of carbonyl (C=O) groups is 2. The molecule has 0 atom stereocenters. The lowest BCUT2D eigenvalue weighted by Gasteiger charge is -2.24. The van der Waals surface area contributed by atoms with Crippen LogP contribution in [0.2, 0.25) is 0 Å². The highest BCUT2D eigenvalue weighted by Crippen LogP contribution is 2.40. The van der Waals surface area contributed by atoms with Crippen molar-refractivity contribution < 1.29 is 28.9 Å². The number of methoxy groups -OCH3 is 3. The molecule has 8 nitrogen and oxygen atoms in total. The van der Waals surface area contributed by atoms with E-state index in [2.05, 4.69) is 0 Å². The number of carbonyl (C=O) groups excluding carboxylic acids is 2. The molecule has 34 heavy (non-hydrogen) atoms. The Balaban J connectivity index is 1.78. The van der Waals surface area contributed by atoms with Crippen molar-refractivity contribution in [1.29, 1.82) is 0 Å². The molecule has 0 aliphatic carbocycles. The van der Waals surface area contributed by atoms with E-state index in [0.29, 0.717) is 38.6 Å². The Morgan fingerprint density at radius 3 is 2.32 bits per heavy atom. The molecular formula is C24H26N2O6S2. The summed E-state index contributed by atoms with van der Waals surface area (Å²) >= 11 is 6.51. The number of thiocarbonyl (C=S) groups is 1. The van der Waals surface area contributed by atoms with Gasteiger partial charge in [0.2, 0.25) is 11.7 Å². The van der Waals surface area contributed by atoms with Crippen molar-refractivity contribution in [3.05, 3.63) is 58.5 Å². The van der Waals surface area contributed by atoms with Crippen LogP contribution in [0, 0.1) is 0 Å². The largest absolute Gasteiger partial charge is 0.493 e. The first-order valence-corrected chi connectivity index (χ1v) is 11.6. The van der Waals surface area contributed by atoms with Gasteiger partial charge in [-0.05, 0) is 29.3 Å².